The molecule has 0 aliphatic carbocycles. The zero-order valence-corrected chi connectivity index (χ0v) is 11.6. The average Bonchev–Trinajstić information content (AvgIpc) is 2.24. The molecule has 0 spiro atoms. The fourth-order valence-corrected chi connectivity index (χ4v) is 1.72. The Hall–Kier alpha value is -1.02. The summed E-state index contributed by atoms with van der Waals surface area (Å²) >= 11 is 0. The highest BCUT2D eigenvalue weighted by Crippen LogP contribution is 2.32. The Kier molecular flexibility index (Phi) is 4.58. The van der Waals surface area contributed by atoms with Crippen LogP contribution in [-0.2, 0) is 11.8 Å². The lowest BCUT2D eigenvalue weighted by atomic mass is 9.85. The highest BCUT2D eigenvalue weighted by Gasteiger charge is 2.19. The Labute approximate surface area is 105 Å². The zero-order chi connectivity index (χ0) is 13.1. The van der Waals surface area contributed by atoms with Crippen LogP contribution in [0.1, 0.15) is 45.7 Å². The van der Waals surface area contributed by atoms with Crippen LogP contribution in [0.15, 0.2) is 18.2 Å². The van der Waals surface area contributed by atoms with Crippen LogP contribution in [0.5, 0.6) is 5.75 Å². The number of aliphatic hydroxyl groups excluding tert-OH is 1. The molecule has 0 radical (unpaired) electrons. The molecular weight excluding hydrogens is 212 g/mol. The average molecular weight is 236 g/mol. The normalized spacial score (nSPS) is 13.5. The molecule has 0 amide bonds. The van der Waals surface area contributed by atoms with E-state index in [0.29, 0.717) is 6.61 Å². The summed E-state index contributed by atoms with van der Waals surface area (Å²) in [7, 11) is 0. The first-order valence-corrected chi connectivity index (χ1v) is 6.29. The van der Waals surface area contributed by atoms with Crippen LogP contribution in [0.25, 0.3) is 0 Å². The van der Waals surface area contributed by atoms with Crippen molar-refractivity contribution in [3.63, 3.8) is 0 Å². The van der Waals surface area contributed by atoms with Gasteiger partial charge in [0, 0.05) is 0 Å². The molecule has 0 fully saturated rings. The first kappa shape index (κ1) is 14.0. The molecule has 0 saturated heterocycles. The molecule has 0 heterocycles. The number of rotatable bonds is 4. The number of aryl methyl sites for hydroxylation is 1. The van der Waals surface area contributed by atoms with Gasteiger partial charge >= 0.3 is 0 Å². The minimum atomic E-state index is -0.436. The van der Waals surface area contributed by atoms with E-state index in [0.717, 1.165) is 12.2 Å². The third-order valence-corrected chi connectivity index (χ3v) is 2.74. The van der Waals surface area contributed by atoms with Crippen LogP contribution in [0.4, 0.5) is 0 Å². The first-order valence-electron chi connectivity index (χ1n) is 6.29. The summed E-state index contributed by atoms with van der Waals surface area (Å²) in [5.74, 6) is 0.885. The Morgan fingerprint density at radius 2 is 1.94 bits per heavy atom. The van der Waals surface area contributed by atoms with E-state index in [1.54, 1.807) is 6.92 Å². The van der Waals surface area contributed by atoms with Gasteiger partial charge in [-0.1, -0.05) is 39.8 Å². The predicted octanol–water partition coefficient (Wildman–Crippen LogP) is 3.31. The van der Waals surface area contributed by atoms with Crippen molar-refractivity contribution in [2.75, 3.05) is 6.61 Å². The maximum absolute atomic E-state index is 9.28. The summed E-state index contributed by atoms with van der Waals surface area (Å²) in [5.41, 5.74) is 2.58. The molecule has 17 heavy (non-hydrogen) atoms. The summed E-state index contributed by atoms with van der Waals surface area (Å²) in [6.45, 7) is 10.8. The summed E-state index contributed by atoms with van der Waals surface area (Å²) in [5, 5.41) is 9.28. The van der Waals surface area contributed by atoms with Crippen molar-refractivity contribution in [3.8, 4) is 5.75 Å². The molecule has 2 heteroatoms. The van der Waals surface area contributed by atoms with Gasteiger partial charge in [-0.15, -0.1) is 0 Å². The van der Waals surface area contributed by atoms with Gasteiger partial charge in [-0.05, 0) is 36.0 Å². The van der Waals surface area contributed by atoms with E-state index in [2.05, 4.69) is 39.8 Å². The van der Waals surface area contributed by atoms with Crippen LogP contribution in [0, 0.1) is 0 Å². The molecule has 1 rings (SSSR count). The second-order valence-electron chi connectivity index (χ2n) is 5.59. The van der Waals surface area contributed by atoms with Crippen LogP contribution >= 0.6 is 0 Å². The molecule has 1 aromatic carbocycles. The van der Waals surface area contributed by atoms with Gasteiger partial charge in [0.15, 0.2) is 0 Å². The van der Waals surface area contributed by atoms with E-state index in [-0.39, 0.29) is 5.41 Å². The third-order valence-electron chi connectivity index (χ3n) is 2.74. The smallest absolute Gasteiger partial charge is 0.123 e. The van der Waals surface area contributed by atoms with E-state index < -0.39 is 6.10 Å². The quantitative estimate of drug-likeness (QED) is 0.869. The predicted molar refractivity (Wildman–Crippen MR) is 71.7 cm³/mol. The van der Waals surface area contributed by atoms with E-state index in [4.69, 9.17) is 4.74 Å². The Morgan fingerprint density at radius 3 is 2.41 bits per heavy atom. The standard InChI is InChI=1S/C15H24O2/c1-6-12-7-8-14(17-10-11(2)16)13(9-12)15(3,4)5/h7-9,11,16H,6,10H2,1-5H3/t11-/m0/s1. The molecule has 0 aromatic heterocycles. The number of hydrogen-bond donors (Lipinski definition) is 1. The molecule has 96 valence electrons. The van der Waals surface area contributed by atoms with Crippen molar-refractivity contribution >= 4 is 0 Å². The summed E-state index contributed by atoms with van der Waals surface area (Å²) in [6.07, 6.45) is 0.591. The van der Waals surface area contributed by atoms with Crippen molar-refractivity contribution in [2.24, 2.45) is 0 Å². The fraction of sp³-hybridized carbons (Fsp3) is 0.600. The second-order valence-corrected chi connectivity index (χ2v) is 5.59. The SMILES string of the molecule is CCc1ccc(OC[C@H](C)O)c(C(C)(C)C)c1. The molecule has 0 aliphatic heterocycles. The molecule has 1 N–H and O–H groups in total. The molecule has 2 nitrogen and oxygen atoms in total. The first-order chi connectivity index (χ1) is 7.84. The lowest BCUT2D eigenvalue weighted by Gasteiger charge is -2.24. The Balaban J connectivity index is 3.03. The van der Waals surface area contributed by atoms with Crippen molar-refractivity contribution in [1.29, 1.82) is 0 Å². The van der Waals surface area contributed by atoms with Gasteiger partial charge in [0.1, 0.15) is 12.4 Å². The number of ether oxygens (including phenoxy) is 1. The van der Waals surface area contributed by atoms with Crippen LogP contribution in [0.2, 0.25) is 0 Å². The fourth-order valence-electron chi connectivity index (χ4n) is 1.72. The van der Waals surface area contributed by atoms with E-state index in [9.17, 15) is 5.11 Å². The van der Waals surface area contributed by atoms with Gasteiger partial charge in [0.05, 0.1) is 6.10 Å². The monoisotopic (exact) mass is 236 g/mol. The van der Waals surface area contributed by atoms with Crippen LogP contribution < -0.4 is 4.74 Å². The number of hydrogen-bond acceptors (Lipinski definition) is 2. The maximum Gasteiger partial charge on any atom is 0.123 e. The minimum Gasteiger partial charge on any atom is -0.491 e. The van der Waals surface area contributed by atoms with E-state index in [1.165, 1.54) is 11.1 Å². The van der Waals surface area contributed by atoms with Crippen molar-refractivity contribution < 1.29 is 9.84 Å². The van der Waals surface area contributed by atoms with E-state index >= 15 is 0 Å². The van der Waals surface area contributed by atoms with Gasteiger partial charge < -0.3 is 9.84 Å². The minimum absolute atomic E-state index is 0.0548. The second kappa shape index (κ2) is 5.54. The lowest BCUT2D eigenvalue weighted by molar-refractivity contribution is 0.121. The molecule has 0 bridgehead atoms. The van der Waals surface area contributed by atoms with Gasteiger partial charge in [-0.25, -0.2) is 0 Å². The molecule has 0 unspecified atom stereocenters. The zero-order valence-electron chi connectivity index (χ0n) is 11.6. The number of aliphatic hydroxyl groups is 1. The van der Waals surface area contributed by atoms with Crippen molar-refractivity contribution in [1.82, 2.24) is 0 Å². The maximum atomic E-state index is 9.28. The largest absolute Gasteiger partial charge is 0.491 e. The summed E-state index contributed by atoms with van der Waals surface area (Å²) in [6, 6.07) is 6.31. The molecule has 1 atom stereocenters. The topological polar surface area (TPSA) is 29.5 Å². The third kappa shape index (κ3) is 4.04. The van der Waals surface area contributed by atoms with Crippen molar-refractivity contribution in [3.05, 3.63) is 29.3 Å². The summed E-state index contributed by atoms with van der Waals surface area (Å²) < 4.78 is 5.67. The lowest BCUT2D eigenvalue weighted by Crippen LogP contribution is -2.18. The van der Waals surface area contributed by atoms with Gasteiger partial charge in [-0.3, -0.25) is 0 Å². The van der Waals surface area contributed by atoms with Crippen LogP contribution in [-0.4, -0.2) is 17.8 Å². The van der Waals surface area contributed by atoms with Crippen molar-refractivity contribution in [2.45, 2.75) is 52.6 Å². The highest BCUT2D eigenvalue weighted by atomic mass is 16.5. The van der Waals surface area contributed by atoms with Crippen LogP contribution in [0.3, 0.4) is 0 Å². The van der Waals surface area contributed by atoms with Gasteiger partial charge in [0.25, 0.3) is 0 Å². The Bertz CT molecular complexity index is 362. The molecule has 0 aliphatic rings. The molecule has 0 saturated carbocycles. The molecule has 1 aromatic rings. The van der Waals surface area contributed by atoms with Gasteiger partial charge in [-0.2, -0.15) is 0 Å². The number of benzene rings is 1. The molecular formula is C15H24O2. The van der Waals surface area contributed by atoms with E-state index in [1.807, 2.05) is 6.07 Å². The highest BCUT2D eigenvalue weighted by molar-refractivity contribution is 5.41. The Morgan fingerprint density at radius 1 is 1.29 bits per heavy atom. The summed E-state index contributed by atoms with van der Waals surface area (Å²) in [4.78, 5) is 0. The van der Waals surface area contributed by atoms with Gasteiger partial charge in [0.2, 0.25) is 0 Å².